The lowest BCUT2D eigenvalue weighted by molar-refractivity contribution is -0.387. The molecule has 0 aliphatic rings. The minimum absolute atomic E-state index is 0.164. The molecule has 0 bridgehead atoms. The zero-order chi connectivity index (χ0) is 8.27. The van der Waals surface area contributed by atoms with E-state index in [2.05, 4.69) is 4.98 Å². The maximum atomic E-state index is 10.3. The summed E-state index contributed by atoms with van der Waals surface area (Å²) in [5.41, 5.74) is 0.164. The van der Waals surface area contributed by atoms with Crippen LogP contribution in [0.2, 0.25) is 0 Å². The number of rotatable bonds is 3. The number of aromatic amines is 1. The molecule has 60 valence electrons. The maximum absolute atomic E-state index is 10.3. The van der Waals surface area contributed by atoms with Gasteiger partial charge in [-0.15, -0.1) is 11.8 Å². The first kappa shape index (κ1) is 8.13. The molecular weight excluding hydrogens is 164 g/mol. The van der Waals surface area contributed by atoms with Gasteiger partial charge < -0.3 is 4.98 Å². The third kappa shape index (κ3) is 1.74. The van der Waals surface area contributed by atoms with Crippen LogP contribution in [0, 0.1) is 10.1 Å². The summed E-state index contributed by atoms with van der Waals surface area (Å²) in [6, 6.07) is 1.47. The molecule has 1 aromatic heterocycles. The third-order valence-electron chi connectivity index (χ3n) is 1.17. The van der Waals surface area contributed by atoms with Gasteiger partial charge in [0, 0.05) is 12.3 Å². The van der Waals surface area contributed by atoms with Crippen LogP contribution in [0.1, 0.15) is 6.92 Å². The van der Waals surface area contributed by atoms with Gasteiger partial charge in [-0.2, -0.15) is 0 Å². The van der Waals surface area contributed by atoms with Crippen molar-refractivity contribution < 1.29 is 4.92 Å². The van der Waals surface area contributed by atoms with Crippen LogP contribution in [0.25, 0.3) is 0 Å². The lowest BCUT2D eigenvalue weighted by Crippen LogP contribution is -1.87. The predicted molar refractivity (Wildman–Crippen MR) is 43.8 cm³/mol. The van der Waals surface area contributed by atoms with Gasteiger partial charge in [0.1, 0.15) is 0 Å². The van der Waals surface area contributed by atoms with Crippen LogP contribution in [0.4, 0.5) is 5.69 Å². The number of aromatic nitrogens is 1. The van der Waals surface area contributed by atoms with Crippen LogP contribution >= 0.6 is 11.8 Å². The molecule has 1 aromatic rings. The van der Waals surface area contributed by atoms with Gasteiger partial charge in [-0.1, -0.05) is 6.92 Å². The van der Waals surface area contributed by atoms with Gasteiger partial charge in [-0.05, 0) is 5.75 Å². The molecule has 0 fully saturated rings. The topological polar surface area (TPSA) is 58.9 Å². The van der Waals surface area contributed by atoms with Crippen LogP contribution in [0.5, 0.6) is 0 Å². The van der Waals surface area contributed by atoms with E-state index in [4.69, 9.17) is 0 Å². The molecule has 0 saturated carbocycles. The molecule has 1 heterocycles. The molecule has 0 aliphatic carbocycles. The Morgan fingerprint density at radius 3 is 3.09 bits per heavy atom. The van der Waals surface area contributed by atoms with Crippen molar-refractivity contribution in [3.05, 3.63) is 22.4 Å². The fourth-order valence-electron chi connectivity index (χ4n) is 0.750. The minimum Gasteiger partial charge on any atom is -0.351 e. The van der Waals surface area contributed by atoms with Crippen molar-refractivity contribution in [2.75, 3.05) is 5.75 Å². The van der Waals surface area contributed by atoms with Gasteiger partial charge in [0.2, 0.25) is 0 Å². The minimum atomic E-state index is -0.380. The predicted octanol–water partition coefficient (Wildman–Crippen LogP) is 2.03. The standard InChI is InChI=1S/C6H8N2O2S/c1-2-11-6-5(8(9)10)3-4-7-6/h3-4,7H,2H2,1H3. The van der Waals surface area contributed by atoms with Gasteiger partial charge in [-0.25, -0.2) is 0 Å². The molecule has 0 radical (unpaired) electrons. The molecule has 0 unspecified atom stereocenters. The van der Waals surface area contributed by atoms with Crippen molar-refractivity contribution in [2.45, 2.75) is 11.9 Å². The van der Waals surface area contributed by atoms with Crippen LogP contribution in [0.3, 0.4) is 0 Å². The Morgan fingerprint density at radius 2 is 2.55 bits per heavy atom. The number of nitro groups is 1. The summed E-state index contributed by atoms with van der Waals surface area (Å²) in [5.74, 6) is 0.835. The summed E-state index contributed by atoms with van der Waals surface area (Å²) in [7, 11) is 0. The normalized spacial score (nSPS) is 9.91. The van der Waals surface area contributed by atoms with E-state index in [1.807, 2.05) is 6.92 Å². The van der Waals surface area contributed by atoms with Crippen molar-refractivity contribution in [1.29, 1.82) is 0 Å². The maximum Gasteiger partial charge on any atom is 0.300 e. The van der Waals surface area contributed by atoms with Crippen molar-refractivity contribution in [3.63, 3.8) is 0 Å². The molecule has 0 aromatic carbocycles. The highest BCUT2D eigenvalue weighted by molar-refractivity contribution is 7.99. The van der Waals surface area contributed by atoms with Gasteiger partial charge in [0.25, 0.3) is 0 Å². The van der Waals surface area contributed by atoms with E-state index in [9.17, 15) is 10.1 Å². The number of nitrogens with zero attached hydrogens (tertiary/aromatic N) is 1. The summed E-state index contributed by atoms with van der Waals surface area (Å²) in [4.78, 5) is 12.8. The van der Waals surface area contributed by atoms with Crippen LogP contribution in [0.15, 0.2) is 17.3 Å². The summed E-state index contributed by atoms with van der Waals surface area (Å²) < 4.78 is 0. The van der Waals surface area contributed by atoms with Gasteiger partial charge in [-0.3, -0.25) is 10.1 Å². The highest BCUT2D eigenvalue weighted by Crippen LogP contribution is 2.26. The SMILES string of the molecule is CCSc1[nH]ccc1[N+](=O)[O-]. The number of thioether (sulfide) groups is 1. The van der Waals surface area contributed by atoms with Crippen molar-refractivity contribution >= 4 is 17.4 Å². The molecule has 1 rings (SSSR count). The number of hydrogen-bond acceptors (Lipinski definition) is 3. The number of hydrogen-bond donors (Lipinski definition) is 1. The smallest absolute Gasteiger partial charge is 0.300 e. The Kier molecular flexibility index (Phi) is 2.53. The zero-order valence-electron chi connectivity index (χ0n) is 6.03. The highest BCUT2D eigenvalue weighted by Gasteiger charge is 2.13. The average Bonchev–Trinajstić information content (AvgIpc) is 2.36. The van der Waals surface area contributed by atoms with Gasteiger partial charge in [0.05, 0.1) is 4.92 Å². The third-order valence-corrected chi connectivity index (χ3v) is 2.08. The largest absolute Gasteiger partial charge is 0.351 e. The van der Waals surface area contributed by atoms with E-state index in [1.54, 1.807) is 6.20 Å². The Bertz CT molecular complexity index is 259. The molecular formula is C6H8N2O2S. The lowest BCUT2D eigenvalue weighted by Gasteiger charge is -1.91. The van der Waals surface area contributed by atoms with E-state index in [-0.39, 0.29) is 10.6 Å². The summed E-state index contributed by atoms with van der Waals surface area (Å²) in [5, 5.41) is 11.0. The van der Waals surface area contributed by atoms with Crippen LogP contribution in [-0.4, -0.2) is 15.7 Å². The second-order valence-corrected chi connectivity index (χ2v) is 3.16. The van der Waals surface area contributed by atoms with Gasteiger partial charge in [0.15, 0.2) is 5.03 Å². The number of H-pyrrole nitrogens is 1. The van der Waals surface area contributed by atoms with Crippen LogP contribution < -0.4 is 0 Å². The first-order chi connectivity index (χ1) is 5.25. The molecule has 1 N–H and O–H groups in total. The van der Waals surface area contributed by atoms with E-state index < -0.39 is 0 Å². The van der Waals surface area contributed by atoms with E-state index >= 15 is 0 Å². The van der Waals surface area contributed by atoms with E-state index in [0.717, 1.165) is 5.75 Å². The van der Waals surface area contributed by atoms with Crippen molar-refractivity contribution in [1.82, 2.24) is 4.98 Å². The fraction of sp³-hybridized carbons (Fsp3) is 0.333. The Balaban J connectivity index is 2.87. The number of nitrogens with one attached hydrogen (secondary N) is 1. The zero-order valence-corrected chi connectivity index (χ0v) is 6.85. The van der Waals surface area contributed by atoms with Crippen molar-refractivity contribution in [2.24, 2.45) is 0 Å². The Hall–Kier alpha value is -0.970. The summed E-state index contributed by atoms with van der Waals surface area (Å²) in [6.45, 7) is 1.95. The Labute approximate surface area is 68.1 Å². The molecule has 11 heavy (non-hydrogen) atoms. The first-order valence-electron chi connectivity index (χ1n) is 3.20. The van der Waals surface area contributed by atoms with E-state index in [1.165, 1.54) is 17.8 Å². The molecule has 0 aliphatic heterocycles. The molecule has 0 amide bonds. The first-order valence-corrected chi connectivity index (χ1v) is 4.18. The van der Waals surface area contributed by atoms with Gasteiger partial charge >= 0.3 is 5.69 Å². The molecule has 0 spiro atoms. The molecule has 0 saturated heterocycles. The Morgan fingerprint density at radius 1 is 1.82 bits per heavy atom. The fourth-order valence-corrected chi connectivity index (χ4v) is 1.48. The molecule has 5 heteroatoms. The molecule has 0 atom stereocenters. The molecule has 4 nitrogen and oxygen atoms in total. The lowest BCUT2D eigenvalue weighted by atomic mass is 10.6. The van der Waals surface area contributed by atoms with E-state index in [0.29, 0.717) is 5.03 Å². The summed E-state index contributed by atoms with van der Waals surface area (Å²) >= 11 is 1.44. The van der Waals surface area contributed by atoms with Crippen molar-refractivity contribution in [3.8, 4) is 0 Å². The summed E-state index contributed by atoms with van der Waals surface area (Å²) in [6.07, 6.45) is 1.58. The second kappa shape index (κ2) is 3.43. The average molecular weight is 172 g/mol. The highest BCUT2D eigenvalue weighted by atomic mass is 32.2. The monoisotopic (exact) mass is 172 g/mol. The van der Waals surface area contributed by atoms with Crippen LogP contribution in [-0.2, 0) is 0 Å². The second-order valence-electron chi connectivity index (χ2n) is 1.88. The quantitative estimate of drug-likeness (QED) is 0.431.